The van der Waals surface area contributed by atoms with Crippen LogP contribution in [0.2, 0.25) is 0 Å². The average molecular weight is 307 g/mol. The summed E-state index contributed by atoms with van der Waals surface area (Å²) in [6.45, 7) is 2.54. The first-order chi connectivity index (χ1) is 10.6. The molecule has 22 heavy (non-hydrogen) atoms. The number of anilines is 1. The van der Waals surface area contributed by atoms with E-state index in [0.29, 0.717) is 6.61 Å². The van der Waals surface area contributed by atoms with Crippen molar-refractivity contribution in [2.24, 2.45) is 0 Å². The van der Waals surface area contributed by atoms with E-state index in [4.69, 9.17) is 4.74 Å². The van der Waals surface area contributed by atoms with Gasteiger partial charge in [-0.05, 0) is 31.2 Å². The van der Waals surface area contributed by atoms with Gasteiger partial charge in [-0.1, -0.05) is 0 Å². The van der Waals surface area contributed by atoms with Crippen molar-refractivity contribution in [3.05, 3.63) is 24.3 Å². The molecule has 120 valence electrons. The highest BCUT2D eigenvalue weighted by Gasteiger charge is 2.27. The number of ether oxygens (including phenoxy) is 2. The zero-order valence-electron chi connectivity index (χ0n) is 12.7. The Kier molecular flexibility index (Phi) is 5.60. The van der Waals surface area contributed by atoms with Crippen LogP contribution in [-0.4, -0.2) is 37.9 Å². The summed E-state index contributed by atoms with van der Waals surface area (Å²) >= 11 is 0. The minimum atomic E-state index is -0.436. The van der Waals surface area contributed by atoms with Gasteiger partial charge in [0.15, 0.2) is 6.29 Å². The molecular weight excluding hydrogens is 286 g/mol. The molecule has 1 fully saturated rings. The number of hydrogen-bond acceptors (Lipinski definition) is 6. The number of amides is 1. The number of benzene rings is 1. The second-order valence-corrected chi connectivity index (χ2v) is 4.95. The first-order valence-electron chi connectivity index (χ1n) is 7.22. The van der Waals surface area contributed by atoms with Crippen LogP contribution >= 0.6 is 0 Å². The third-order valence-electron chi connectivity index (χ3n) is 3.26. The molecule has 1 amide bonds. The fourth-order valence-electron chi connectivity index (χ4n) is 2.25. The first-order valence-corrected chi connectivity index (χ1v) is 7.22. The van der Waals surface area contributed by atoms with E-state index in [9.17, 15) is 9.59 Å². The molecular formula is C15H21N3O4. The minimum absolute atomic E-state index is 0.115. The highest BCUT2D eigenvalue weighted by molar-refractivity contribution is 5.79. The Balaban J connectivity index is 1.93. The molecule has 7 heteroatoms. The van der Waals surface area contributed by atoms with E-state index in [-0.39, 0.29) is 30.8 Å². The molecule has 7 nitrogen and oxygen atoms in total. The van der Waals surface area contributed by atoms with Gasteiger partial charge >= 0.3 is 5.97 Å². The molecule has 2 atom stereocenters. The van der Waals surface area contributed by atoms with E-state index >= 15 is 0 Å². The van der Waals surface area contributed by atoms with Gasteiger partial charge in [0.2, 0.25) is 5.91 Å². The van der Waals surface area contributed by atoms with Crippen molar-refractivity contribution in [2.75, 3.05) is 19.0 Å². The van der Waals surface area contributed by atoms with Gasteiger partial charge in [0.25, 0.3) is 0 Å². The molecule has 1 aromatic carbocycles. The van der Waals surface area contributed by atoms with Crippen molar-refractivity contribution in [2.45, 2.75) is 32.1 Å². The van der Waals surface area contributed by atoms with Crippen molar-refractivity contribution in [1.82, 2.24) is 10.6 Å². The van der Waals surface area contributed by atoms with Crippen molar-refractivity contribution in [3.8, 4) is 5.75 Å². The topological polar surface area (TPSA) is 88.7 Å². The quantitative estimate of drug-likeness (QED) is 0.674. The summed E-state index contributed by atoms with van der Waals surface area (Å²) in [7, 11) is 1.33. The van der Waals surface area contributed by atoms with E-state index in [1.165, 1.54) is 7.11 Å². The van der Waals surface area contributed by atoms with E-state index < -0.39 is 6.29 Å². The molecule has 2 unspecified atom stereocenters. The molecule has 1 aliphatic heterocycles. The third-order valence-corrected chi connectivity index (χ3v) is 3.26. The maximum Gasteiger partial charge on any atom is 0.307 e. The van der Waals surface area contributed by atoms with Crippen molar-refractivity contribution in [1.29, 1.82) is 0 Å². The maximum atomic E-state index is 11.7. The number of nitrogens with one attached hydrogen (secondary N) is 3. The predicted molar refractivity (Wildman–Crippen MR) is 81.3 cm³/mol. The van der Waals surface area contributed by atoms with Crippen LogP contribution in [0.15, 0.2) is 24.3 Å². The Hall–Kier alpha value is -2.28. The smallest absolute Gasteiger partial charge is 0.307 e. The Labute approximate surface area is 129 Å². The third kappa shape index (κ3) is 4.63. The van der Waals surface area contributed by atoms with Gasteiger partial charge in [-0.25, -0.2) is 0 Å². The van der Waals surface area contributed by atoms with E-state index in [2.05, 4.69) is 20.7 Å². The zero-order valence-corrected chi connectivity index (χ0v) is 12.7. The van der Waals surface area contributed by atoms with Gasteiger partial charge in [0.05, 0.1) is 20.1 Å². The Morgan fingerprint density at radius 2 is 2.09 bits per heavy atom. The van der Waals surface area contributed by atoms with Crippen molar-refractivity contribution >= 4 is 17.6 Å². The summed E-state index contributed by atoms with van der Waals surface area (Å²) in [5.41, 5.74) is 0.833. The summed E-state index contributed by atoms with van der Waals surface area (Å²) in [4.78, 5) is 23.0. The molecule has 0 bridgehead atoms. The molecule has 2 rings (SSSR count). The van der Waals surface area contributed by atoms with E-state index in [1.807, 2.05) is 31.2 Å². The highest BCUT2D eigenvalue weighted by Crippen LogP contribution is 2.16. The predicted octanol–water partition coefficient (Wildman–Crippen LogP) is 0.822. The molecule has 1 heterocycles. The van der Waals surface area contributed by atoms with E-state index in [0.717, 1.165) is 11.4 Å². The number of hydrogen-bond donors (Lipinski definition) is 3. The lowest BCUT2D eigenvalue weighted by atomic mass is 10.1. The van der Waals surface area contributed by atoms with Gasteiger partial charge in [-0.3, -0.25) is 14.9 Å². The van der Waals surface area contributed by atoms with Crippen molar-refractivity contribution < 1.29 is 19.1 Å². The van der Waals surface area contributed by atoms with Gasteiger partial charge < -0.3 is 20.1 Å². The summed E-state index contributed by atoms with van der Waals surface area (Å²) in [6, 6.07) is 7.18. The summed E-state index contributed by atoms with van der Waals surface area (Å²) < 4.78 is 10.0. The van der Waals surface area contributed by atoms with Crippen LogP contribution in [0.1, 0.15) is 19.8 Å². The van der Waals surface area contributed by atoms with E-state index in [1.54, 1.807) is 0 Å². The molecule has 1 aliphatic rings. The first kappa shape index (κ1) is 16.1. The zero-order chi connectivity index (χ0) is 15.9. The maximum absolute atomic E-state index is 11.7. The van der Waals surface area contributed by atoms with Crippen LogP contribution in [0.5, 0.6) is 5.75 Å². The largest absolute Gasteiger partial charge is 0.494 e. The summed E-state index contributed by atoms with van der Waals surface area (Å²) in [5.74, 6) is 0.334. The Morgan fingerprint density at radius 1 is 1.36 bits per heavy atom. The highest BCUT2D eigenvalue weighted by atomic mass is 16.5. The Morgan fingerprint density at radius 3 is 2.73 bits per heavy atom. The van der Waals surface area contributed by atoms with Crippen LogP contribution < -0.4 is 20.7 Å². The monoisotopic (exact) mass is 307 g/mol. The normalized spacial score (nSPS) is 20.9. The molecule has 3 N–H and O–H groups in total. The van der Waals surface area contributed by atoms with Crippen LogP contribution in [0.25, 0.3) is 0 Å². The molecule has 1 saturated heterocycles. The van der Waals surface area contributed by atoms with Gasteiger partial charge in [-0.15, -0.1) is 0 Å². The fraction of sp³-hybridized carbons (Fsp3) is 0.467. The summed E-state index contributed by atoms with van der Waals surface area (Å²) in [6.07, 6.45) is -0.0316. The molecule has 0 aromatic heterocycles. The number of carbonyl (C=O) groups is 2. The minimum Gasteiger partial charge on any atom is -0.494 e. The lowest BCUT2D eigenvalue weighted by molar-refractivity contribution is -0.141. The van der Waals surface area contributed by atoms with Gasteiger partial charge in [-0.2, -0.15) is 0 Å². The van der Waals surface area contributed by atoms with Crippen LogP contribution in [0, 0.1) is 0 Å². The summed E-state index contributed by atoms with van der Waals surface area (Å²) in [5, 5.41) is 9.09. The number of esters is 1. The molecule has 0 radical (unpaired) electrons. The standard InChI is InChI=1S/C15H21N3O4/c1-3-22-12-6-4-10(5-7-12)16-15-17-11(8-13(19)18-15)9-14(20)21-2/h4-7,11,15-17H,3,8-9H2,1-2H3,(H,18,19). The molecule has 0 aliphatic carbocycles. The second kappa shape index (κ2) is 7.65. The second-order valence-electron chi connectivity index (χ2n) is 4.95. The lowest BCUT2D eigenvalue weighted by Crippen LogP contribution is -2.60. The van der Waals surface area contributed by atoms with Crippen molar-refractivity contribution in [3.63, 3.8) is 0 Å². The average Bonchev–Trinajstić information content (AvgIpc) is 2.49. The Bertz CT molecular complexity index is 518. The fourth-order valence-corrected chi connectivity index (χ4v) is 2.25. The lowest BCUT2D eigenvalue weighted by Gasteiger charge is -2.32. The SMILES string of the molecule is CCOc1ccc(NC2NC(=O)CC(CC(=O)OC)N2)cc1. The van der Waals surface area contributed by atoms with Gasteiger partial charge in [0.1, 0.15) is 5.75 Å². The van der Waals surface area contributed by atoms with Crippen LogP contribution in [0.3, 0.4) is 0 Å². The number of carbonyl (C=O) groups excluding carboxylic acids is 2. The molecule has 1 aromatic rings. The number of rotatable bonds is 6. The molecule has 0 saturated carbocycles. The van der Waals surface area contributed by atoms with Crippen LogP contribution in [-0.2, 0) is 14.3 Å². The number of methoxy groups -OCH3 is 1. The molecule has 0 spiro atoms. The van der Waals surface area contributed by atoms with Crippen LogP contribution in [0.4, 0.5) is 5.69 Å². The van der Waals surface area contributed by atoms with Gasteiger partial charge in [0, 0.05) is 18.2 Å².